The lowest BCUT2D eigenvalue weighted by atomic mass is 10.1. The maximum Gasteiger partial charge on any atom is 0.258 e. The van der Waals surface area contributed by atoms with E-state index in [0.717, 1.165) is 22.2 Å². The average molecular weight is 341 g/mol. The molecule has 0 saturated carbocycles. The maximum absolute atomic E-state index is 13.7. The molecule has 0 unspecified atom stereocenters. The summed E-state index contributed by atoms with van der Waals surface area (Å²) < 4.78 is 27.8. The Labute approximate surface area is 122 Å². The van der Waals surface area contributed by atoms with Crippen LogP contribution in [0.1, 0.15) is 15.9 Å². The van der Waals surface area contributed by atoms with Gasteiger partial charge in [0.2, 0.25) is 0 Å². The van der Waals surface area contributed by atoms with Crippen molar-refractivity contribution in [1.29, 1.82) is 0 Å². The molecule has 1 amide bonds. The van der Waals surface area contributed by atoms with Crippen molar-refractivity contribution in [3.8, 4) is 0 Å². The lowest BCUT2D eigenvalue weighted by Gasteiger charge is -2.09. The van der Waals surface area contributed by atoms with Gasteiger partial charge in [0.05, 0.1) is 11.3 Å². The zero-order chi connectivity index (χ0) is 14.9. The second-order valence-electron chi connectivity index (χ2n) is 4.27. The van der Waals surface area contributed by atoms with E-state index in [0.29, 0.717) is 5.69 Å². The number of hydrogen-bond acceptors (Lipinski definition) is 2. The summed E-state index contributed by atoms with van der Waals surface area (Å²) in [4.78, 5) is 12.0. The van der Waals surface area contributed by atoms with Crippen molar-refractivity contribution in [3.63, 3.8) is 0 Å². The molecule has 0 aliphatic rings. The molecule has 0 fully saturated rings. The Bertz CT molecular complexity index is 689. The normalized spacial score (nSPS) is 10.4. The van der Waals surface area contributed by atoms with E-state index in [-0.39, 0.29) is 0 Å². The van der Waals surface area contributed by atoms with E-state index in [2.05, 4.69) is 21.2 Å². The fourth-order valence-electron chi connectivity index (χ4n) is 1.70. The number of amides is 1. The minimum atomic E-state index is -0.933. The predicted octanol–water partition coefficient (Wildman–Crippen LogP) is 3.87. The fourth-order valence-corrected chi connectivity index (χ4v) is 1.94. The Kier molecular flexibility index (Phi) is 4.04. The molecule has 2 rings (SSSR count). The van der Waals surface area contributed by atoms with Gasteiger partial charge in [0, 0.05) is 10.2 Å². The van der Waals surface area contributed by atoms with Gasteiger partial charge in [-0.2, -0.15) is 0 Å². The van der Waals surface area contributed by atoms with Crippen LogP contribution in [-0.2, 0) is 0 Å². The van der Waals surface area contributed by atoms with Crippen molar-refractivity contribution >= 4 is 33.2 Å². The zero-order valence-electron chi connectivity index (χ0n) is 10.5. The number of nitrogens with two attached hydrogens (primary N) is 1. The van der Waals surface area contributed by atoms with Gasteiger partial charge in [-0.25, -0.2) is 8.78 Å². The highest BCUT2D eigenvalue weighted by Crippen LogP contribution is 2.22. The van der Waals surface area contributed by atoms with Crippen molar-refractivity contribution in [2.75, 3.05) is 11.1 Å². The van der Waals surface area contributed by atoms with Crippen molar-refractivity contribution in [3.05, 3.63) is 57.6 Å². The molecular weight excluding hydrogens is 330 g/mol. The first-order valence-corrected chi connectivity index (χ1v) is 6.50. The van der Waals surface area contributed by atoms with Crippen LogP contribution >= 0.6 is 15.9 Å². The summed E-state index contributed by atoms with van der Waals surface area (Å²) in [5, 5.41) is 2.50. The number of carbonyl (C=O) groups is 1. The molecule has 2 aromatic rings. The fraction of sp³-hybridized carbons (Fsp3) is 0.0714. The molecule has 104 valence electrons. The van der Waals surface area contributed by atoms with Gasteiger partial charge in [-0.05, 0) is 42.8 Å². The van der Waals surface area contributed by atoms with Crippen LogP contribution in [0.2, 0.25) is 0 Å². The first-order valence-electron chi connectivity index (χ1n) is 5.70. The third-order valence-electron chi connectivity index (χ3n) is 2.73. The highest BCUT2D eigenvalue weighted by molar-refractivity contribution is 9.10. The summed E-state index contributed by atoms with van der Waals surface area (Å²) in [6.45, 7) is 1.85. The number of aryl methyl sites for hydroxylation is 1. The molecule has 0 aliphatic carbocycles. The van der Waals surface area contributed by atoms with E-state index in [1.54, 1.807) is 18.2 Å². The first-order chi connectivity index (χ1) is 9.38. The Balaban J connectivity index is 2.30. The van der Waals surface area contributed by atoms with Crippen LogP contribution < -0.4 is 11.1 Å². The third kappa shape index (κ3) is 2.96. The van der Waals surface area contributed by atoms with Crippen LogP contribution in [0.4, 0.5) is 20.2 Å². The summed E-state index contributed by atoms with van der Waals surface area (Å²) in [7, 11) is 0. The molecule has 0 spiro atoms. The molecule has 0 aliphatic heterocycles. The molecule has 0 radical (unpaired) electrons. The van der Waals surface area contributed by atoms with Gasteiger partial charge in [0.25, 0.3) is 5.91 Å². The van der Waals surface area contributed by atoms with Gasteiger partial charge in [-0.15, -0.1) is 0 Å². The topological polar surface area (TPSA) is 55.1 Å². The van der Waals surface area contributed by atoms with Gasteiger partial charge in [0.15, 0.2) is 5.82 Å². The van der Waals surface area contributed by atoms with Crippen LogP contribution in [0.3, 0.4) is 0 Å². The largest absolute Gasteiger partial charge is 0.396 e. The number of benzene rings is 2. The number of carbonyl (C=O) groups excluding carboxylic acids is 1. The molecule has 0 aromatic heterocycles. The van der Waals surface area contributed by atoms with Crippen LogP contribution in [0, 0.1) is 18.6 Å². The van der Waals surface area contributed by atoms with Crippen LogP contribution in [0.5, 0.6) is 0 Å². The second-order valence-corrected chi connectivity index (χ2v) is 5.13. The predicted molar refractivity (Wildman–Crippen MR) is 77.6 cm³/mol. The van der Waals surface area contributed by atoms with E-state index in [9.17, 15) is 13.6 Å². The van der Waals surface area contributed by atoms with Crippen LogP contribution in [0.15, 0.2) is 34.8 Å². The van der Waals surface area contributed by atoms with Crippen LogP contribution in [0.25, 0.3) is 0 Å². The van der Waals surface area contributed by atoms with Gasteiger partial charge < -0.3 is 11.1 Å². The number of nitrogens with one attached hydrogen (secondary N) is 1. The number of anilines is 2. The molecule has 20 heavy (non-hydrogen) atoms. The number of hydrogen-bond donors (Lipinski definition) is 2. The van der Waals surface area contributed by atoms with Crippen molar-refractivity contribution < 1.29 is 13.6 Å². The van der Waals surface area contributed by atoms with Crippen molar-refractivity contribution in [1.82, 2.24) is 0 Å². The summed E-state index contributed by atoms with van der Waals surface area (Å²) in [6, 6.07) is 6.75. The zero-order valence-corrected chi connectivity index (χ0v) is 12.1. The summed E-state index contributed by atoms with van der Waals surface area (Å²) in [6.07, 6.45) is 0. The SMILES string of the molecule is Cc1cc(NC(=O)c2cc(F)cc(N)c2F)ccc1Br. The van der Waals surface area contributed by atoms with E-state index >= 15 is 0 Å². The number of halogens is 3. The monoisotopic (exact) mass is 340 g/mol. The van der Waals surface area contributed by atoms with Crippen molar-refractivity contribution in [2.24, 2.45) is 0 Å². The van der Waals surface area contributed by atoms with Crippen LogP contribution in [-0.4, -0.2) is 5.91 Å². The molecule has 2 aromatic carbocycles. The molecule has 0 saturated heterocycles. The molecule has 0 heterocycles. The van der Waals surface area contributed by atoms with Gasteiger partial charge in [-0.1, -0.05) is 15.9 Å². The third-order valence-corrected chi connectivity index (χ3v) is 3.62. The first kappa shape index (κ1) is 14.5. The number of nitrogen functional groups attached to an aromatic ring is 1. The molecule has 6 heteroatoms. The van der Waals surface area contributed by atoms with E-state index < -0.39 is 28.8 Å². The minimum Gasteiger partial charge on any atom is -0.396 e. The lowest BCUT2D eigenvalue weighted by molar-refractivity contribution is 0.102. The Morgan fingerprint density at radius 2 is 1.95 bits per heavy atom. The van der Waals surface area contributed by atoms with Gasteiger partial charge >= 0.3 is 0 Å². The van der Waals surface area contributed by atoms with Crippen molar-refractivity contribution in [2.45, 2.75) is 6.92 Å². The quantitative estimate of drug-likeness (QED) is 0.815. The average Bonchev–Trinajstić information content (AvgIpc) is 2.38. The summed E-state index contributed by atoms with van der Waals surface area (Å²) in [5.74, 6) is -2.45. The highest BCUT2D eigenvalue weighted by Gasteiger charge is 2.16. The summed E-state index contributed by atoms with van der Waals surface area (Å²) in [5.41, 5.74) is 5.86. The Hall–Kier alpha value is -1.95. The molecule has 0 atom stereocenters. The van der Waals surface area contributed by atoms with E-state index in [1.807, 2.05) is 6.92 Å². The number of rotatable bonds is 2. The smallest absolute Gasteiger partial charge is 0.258 e. The van der Waals surface area contributed by atoms with E-state index in [4.69, 9.17) is 5.73 Å². The molecule has 3 N–H and O–H groups in total. The Morgan fingerprint density at radius 3 is 2.60 bits per heavy atom. The maximum atomic E-state index is 13.7. The Morgan fingerprint density at radius 1 is 1.25 bits per heavy atom. The van der Waals surface area contributed by atoms with E-state index in [1.165, 1.54) is 0 Å². The minimum absolute atomic E-state index is 0.401. The van der Waals surface area contributed by atoms with Gasteiger partial charge in [-0.3, -0.25) is 4.79 Å². The molecule has 0 bridgehead atoms. The molecule has 3 nitrogen and oxygen atoms in total. The second kappa shape index (κ2) is 5.58. The summed E-state index contributed by atoms with van der Waals surface area (Å²) >= 11 is 3.33. The standard InChI is InChI=1S/C14H11BrF2N2O/c1-7-4-9(2-3-11(7)15)19-14(20)10-5-8(16)6-12(18)13(10)17/h2-6H,18H2,1H3,(H,19,20). The highest BCUT2D eigenvalue weighted by atomic mass is 79.9. The molecular formula is C14H11BrF2N2O. The van der Waals surface area contributed by atoms with Gasteiger partial charge in [0.1, 0.15) is 5.82 Å². The lowest BCUT2D eigenvalue weighted by Crippen LogP contribution is -2.15.